The van der Waals surface area contributed by atoms with Crippen molar-refractivity contribution in [1.82, 2.24) is 0 Å². The summed E-state index contributed by atoms with van der Waals surface area (Å²) in [7, 11) is -2.21. The van der Waals surface area contributed by atoms with Crippen LogP contribution in [0.1, 0.15) is 27.7 Å². The fourth-order valence-electron chi connectivity index (χ4n) is 1.14. The minimum absolute atomic E-state index is 0.194. The molecule has 0 aromatic rings. The maximum atomic E-state index is 12.2. The molecule has 13 heavy (non-hydrogen) atoms. The monoisotopic (exact) mass is 201 g/mol. The molecule has 0 N–H and O–H groups in total. The molecular formula is C10H20NOP. The molecule has 76 valence electrons. The smallest absolute Gasteiger partial charge is 0.132 e. The molecule has 0 aromatic heterocycles. The van der Waals surface area contributed by atoms with Gasteiger partial charge in [-0.15, -0.1) is 0 Å². The molecule has 0 aromatic carbocycles. The molecule has 2 nitrogen and oxygen atoms in total. The van der Waals surface area contributed by atoms with Gasteiger partial charge in [-0.25, -0.2) is 0 Å². The van der Waals surface area contributed by atoms with Gasteiger partial charge in [-0.1, -0.05) is 20.4 Å². The minimum atomic E-state index is -2.21. The van der Waals surface area contributed by atoms with E-state index in [1.807, 2.05) is 27.7 Å². The lowest BCUT2D eigenvalue weighted by Crippen LogP contribution is -2.05. The van der Waals surface area contributed by atoms with Gasteiger partial charge in [0.2, 0.25) is 0 Å². The topological polar surface area (TPSA) is 29.4 Å². The zero-order valence-electron chi connectivity index (χ0n) is 9.08. The average molecular weight is 201 g/mol. The Morgan fingerprint density at radius 3 is 2.15 bits per heavy atom. The van der Waals surface area contributed by atoms with Crippen molar-refractivity contribution in [3.63, 3.8) is 0 Å². The van der Waals surface area contributed by atoms with Crippen LogP contribution in [0.15, 0.2) is 17.6 Å². The third-order valence-corrected chi connectivity index (χ3v) is 5.19. The Bertz CT molecular complexity index is 235. The van der Waals surface area contributed by atoms with Crippen molar-refractivity contribution >= 4 is 12.6 Å². The minimum Gasteiger partial charge on any atom is -0.317 e. The number of hydrogen-bond acceptors (Lipinski definition) is 2. The molecular weight excluding hydrogens is 181 g/mol. The van der Waals surface area contributed by atoms with Gasteiger partial charge in [-0.2, -0.15) is 0 Å². The van der Waals surface area contributed by atoms with Crippen LogP contribution in [0.25, 0.3) is 0 Å². The van der Waals surface area contributed by atoms with Gasteiger partial charge < -0.3 is 4.57 Å². The van der Waals surface area contributed by atoms with E-state index in [-0.39, 0.29) is 6.04 Å². The predicted molar refractivity (Wildman–Crippen MR) is 61.5 cm³/mol. The van der Waals surface area contributed by atoms with Crippen molar-refractivity contribution in [2.45, 2.75) is 33.7 Å². The maximum absolute atomic E-state index is 12.2. The zero-order chi connectivity index (χ0) is 10.5. The quantitative estimate of drug-likeness (QED) is 0.495. The third-order valence-electron chi connectivity index (χ3n) is 2.01. The Labute approximate surface area is 81.5 Å². The summed E-state index contributed by atoms with van der Waals surface area (Å²) in [6.45, 7) is 11.5. The van der Waals surface area contributed by atoms with E-state index in [1.165, 1.54) is 0 Å². The zero-order valence-corrected chi connectivity index (χ0v) is 9.97. The van der Waals surface area contributed by atoms with Gasteiger partial charge in [0.15, 0.2) is 0 Å². The van der Waals surface area contributed by atoms with Crippen molar-refractivity contribution in [2.24, 2.45) is 4.99 Å². The summed E-state index contributed by atoms with van der Waals surface area (Å²) in [4.78, 5) is 4.34. The van der Waals surface area contributed by atoms with E-state index in [2.05, 4.69) is 11.6 Å². The van der Waals surface area contributed by atoms with Crippen molar-refractivity contribution in [3.05, 3.63) is 12.7 Å². The van der Waals surface area contributed by atoms with Gasteiger partial charge in [-0.05, 0) is 19.9 Å². The summed E-state index contributed by atoms with van der Waals surface area (Å²) in [6, 6.07) is 0.194. The van der Waals surface area contributed by atoms with Crippen LogP contribution in [0, 0.1) is 0 Å². The molecule has 0 aliphatic carbocycles. The van der Waals surface area contributed by atoms with Crippen molar-refractivity contribution in [3.8, 4) is 0 Å². The molecule has 0 saturated carbocycles. The number of hydrogen-bond donors (Lipinski definition) is 0. The number of aliphatic imine (C=N–C) groups is 1. The van der Waals surface area contributed by atoms with Gasteiger partial charge in [0.25, 0.3) is 0 Å². The van der Waals surface area contributed by atoms with Crippen molar-refractivity contribution in [2.75, 3.05) is 12.3 Å². The highest BCUT2D eigenvalue weighted by Gasteiger charge is 2.22. The Kier molecular flexibility index (Phi) is 5.24. The molecule has 0 radical (unpaired) electrons. The highest BCUT2D eigenvalue weighted by Crippen LogP contribution is 2.46. The summed E-state index contributed by atoms with van der Waals surface area (Å²) in [5.74, 6) is 0. The molecule has 0 unspecified atom stereocenters. The highest BCUT2D eigenvalue weighted by atomic mass is 31.2. The van der Waals surface area contributed by atoms with Gasteiger partial charge in [0.05, 0.1) is 5.45 Å². The third kappa shape index (κ3) is 3.48. The Balaban J connectivity index is 4.95. The Morgan fingerprint density at radius 1 is 1.46 bits per heavy atom. The normalized spacial score (nSPS) is 13.5. The summed E-state index contributed by atoms with van der Waals surface area (Å²) in [5.41, 5.74) is 0.715. The molecule has 0 saturated heterocycles. The lowest BCUT2D eigenvalue weighted by molar-refractivity contribution is 0.583. The van der Waals surface area contributed by atoms with Crippen LogP contribution in [-0.2, 0) is 4.57 Å². The lowest BCUT2D eigenvalue weighted by atomic mass is 10.4. The highest BCUT2D eigenvalue weighted by molar-refractivity contribution is 7.81. The van der Waals surface area contributed by atoms with E-state index in [0.29, 0.717) is 17.8 Å². The second-order valence-corrected chi connectivity index (χ2v) is 6.81. The fourth-order valence-corrected chi connectivity index (χ4v) is 3.01. The number of allylic oxidation sites excluding steroid dienone is 1. The summed E-state index contributed by atoms with van der Waals surface area (Å²) in [5, 5.41) is 0. The van der Waals surface area contributed by atoms with E-state index in [0.717, 1.165) is 0 Å². The molecule has 0 fully saturated rings. The molecule has 0 bridgehead atoms. The van der Waals surface area contributed by atoms with Crippen LogP contribution in [0.2, 0.25) is 0 Å². The molecule has 0 atom stereocenters. The standard InChI is InChI=1S/C10H20NOP/c1-6-10(11-9(4)5)13(12,7-2)8-3/h6,9H,1,7-8H2,2-5H3. The second kappa shape index (κ2) is 5.39. The SMILES string of the molecule is C=CC(=NC(C)C)P(=O)(CC)CC. The molecule has 0 aliphatic rings. The molecule has 0 spiro atoms. The molecule has 0 amide bonds. The van der Waals surface area contributed by atoms with Gasteiger partial charge in [0.1, 0.15) is 7.14 Å². The lowest BCUT2D eigenvalue weighted by Gasteiger charge is -2.15. The van der Waals surface area contributed by atoms with Crippen molar-refractivity contribution < 1.29 is 4.57 Å². The first-order valence-electron chi connectivity index (χ1n) is 4.79. The summed E-state index contributed by atoms with van der Waals surface area (Å²) >= 11 is 0. The fraction of sp³-hybridized carbons (Fsp3) is 0.700. The Morgan fingerprint density at radius 2 is 1.92 bits per heavy atom. The predicted octanol–water partition coefficient (Wildman–Crippen LogP) is 3.38. The van der Waals surface area contributed by atoms with E-state index in [9.17, 15) is 4.57 Å². The molecule has 0 aliphatic heterocycles. The van der Waals surface area contributed by atoms with Crippen LogP contribution in [0.5, 0.6) is 0 Å². The van der Waals surface area contributed by atoms with Crippen LogP contribution in [0.3, 0.4) is 0 Å². The first-order chi connectivity index (χ1) is 6.00. The molecule has 3 heteroatoms. The molecule has 0 rings (SSSR count). The molecule has 0 heterocycles. The van der Waals surface area contributed by atoms with Crippen LogP contribution >= 0.6 is 7.14 Å². The summed E-state index contributed by atoms with van der Waals surface area (Å²) < 4.78 is 12.2. The van der Waals surface area contributed by atoms with Gasteiger partial charge in [0, 0.05) is 18.4 Å². The van der Waals surface area contributed by atoms with E-state index in [1.54, 1.807) is 6.08 Å². The van der Waals surface area contributed by atoms with Crippen LogP contribution < -0.4 is 0 Å². The number of nitrogens with zero attached hydrogens (tertiary/aromatic N) is 1. The first-order valence-corrected chi connectivity index (χ1v) is 6.86. The summed E-state index contributed by atoms with van der Waals surface area (Å²) in [6.07, 6.45) is 3.01. The van der Waals surface area contributed by atoms with Gasteiger partial charge >= 0.3 is 0 Å². The van der Waals surface area contributed by atoms with Crippen LogP contribution in [0.4, 0.5) is 0 Å². The van der Waals surface area contributed by atoms with E-state index < -0.39 is 7.14 Å². The maximum Gasteiger partial charge on any atom is 0.132 e. The Hall–Kier alpha value is -0.360. The van der Waals surface area contributed by atoms with E-state index in [4.69, 9.17) is 0 Å². The first kappa shape index (κ1) is 12.6. The van der Waals surface area contributed by atoms with Crippen LogP contribution in [-0.4, -0.2) is 23.8 Å². The average Bonchev–Trinajstić information content (AvgIpc) is 2.12. The second-order valence-electron chi connectivity index (χ2n) is 3.31. The van der Waals surface area contributed by atoms with Gasteiger partial charge in [-0.3, -0.25) is 4.99 Å². The van der Waals surface area contributed by atoms with E-state index >= 15 is 0 Å². The number of rotatable bonds is 5. The van der Waals surface area contributed by atoms with Crippen molar-refractivity contribution in [1.29, 1.82) is 0 Å². The largest absolute Gasteiger partial charge is 0.317 e.